The number of ether oxygens (including phenoxy) is 1. The van der Waals surface area contributed by atoms with Crippen LogP contribution < -0.4 is 10.1 Å². The molecule has 0 saturated carbocycles. The lowest BCUT2D eigenvalue weighted by atomic mass is 9.88. The minimum absolute atomic E-state index is 0.139. The van der Waals surface area contributed by atoms with Crippen LogP contribution in [0, 0.1) is 11.3 Å². The Morgan fingerprint density at radius 1 is 1.12 bits per heavy atom. The molecule has 2 aromatic heterocycles. The molecule has 0 unspecified atom stereocenters. The number of pyridine rings is 1. The van der Waals surface area contributed by atoms with E-state index in [9.17, 15) is 14.9 Å². The average Bonchev–Trinajstić information content (AvgIpc) is 3.61. The fraction of sp³-hybridized carbons (Fsp3) is 0.312. The molecule has 1 aliphatic heterocycles. The summed E-state index contributed by atoms with van der Waals surface area (Å²) in [4.78, 5) is 33.1. The number of piperidine rings is 1. The SMILES string of the molecule is COc1c(NC(=O)c2cccc(C#N)c2)cnc2c1c(C1CCN(C(=O)c3cccc4c3CCC4)CC1)cn2C. The molecule has 40 heavy (non-hydrogen) atoms. The quantitative estimate of drug-likeness (QED) is 0.379. The molecule has 1 fully saturated rings. The number of nitriles is 1. The number of carbonyl (C=O) groups excluding carboxylic acids is 2. The van der Waals surface area contributed by atoms with E-state index < -0.39 is 0 Å². The van der Waals surface area contributed by atoms with Crippen molar-refractivity contribution in [3.63, 3.8) is 0 Å². The van der Waals surface area contributed by atoms with Crippen molar-refractivity contribution in [1.82, 2.24) is 14.5 Å². The van der Waals surface area contributed by atoms with E-state index in [1.54, 1.807) is 37.6 Å². The molecule has 4 aromatic rings. The third-order valence-corrected chi connectivity index (χ3v) is 8.27. The Kier molecular flexibility index (Phi) is 6.72. The molecule has 1 N–H and O–H groups in total. The zero-order chi connectivity index (χ0) is 27.8. The molecule has 1 aliphatic carbocycles. The summed E-state index contributed by atoms with van der Waals surface area (Å²) in [5.74, 6) is 0.583. The lowest BCUT2D eigenvalue weighted by Gasteiger charge is -2.32. The van der Waals surface area contributed by atoms with Gasteiger partial charge < -0.3 is 19.5 Å². The number of carbonyl (C=O) groups is 2. The number of methoxy groups -OCH3 is 1. The number of hydrogen-bond donors (Lipinski definition) is 1. The van der Waals surface area contributed by atoms with Gasteiger partial charge in [-0.2, -0.15) is 5.26 Å². The highest BCUT2D eigenvalue weighted by molar-refractivity contribution is 6.07. The first-order valence-corrected chi connectivity index (χ1v) is 13.7. The van der Waals surface area contributed by atoms with E-state index in [4.69, 9.17) is 4.74 Å². The van der Waals surface area contributed by atoms with Crippen LogP contribution in [0.1, 0.15) is 68.2 Å². The highest BCUT2D eigenvalue weighted by Gasteiger charge is 2.30. The molecule has 6 rings (SSSR count). The van der Waals surface area contributed by atoms with Gasteiger partial charge >= 0.3 is 0 Å². The van der Waals surface area contributed by atoms with Gasteiger partial charge in [0.2, 0.25) is 0 Å². The van der Waals surface area contributed by atoms with Gasteiger partial charge in [0.05, 0.1) is 30.3 Å². The van der Waals surface area contributed by atoms with Gasteiger partial charge in [-0.15, -0.1) is 0 Å². The van der Waals surface area contributed by atoms with Crippen molar-refractivity contribution >= 4 is 28.5 Å². The molecule has 1 saturated heterocycles. The highest BCUT2D eigenvalue weighted by Crippen LogP contribution is 2.41. The first kappa shape index (κ1) is 25.6. The van der Waals surface area contributed by atoms with Gasteiger partial charge in [-0.05, 0) is 79.0 Å². The Morgan fingerprint density at radius 2 is 1.93 bits per heavy atom. The van der Waals surface area contributed by atoms with Crippen LogP contribution in [0.4, 0.5) is 5.69 Å². The maximum absolute atomic E-state index is 13.5. The Morgan fingerprint density at radius 3 is 2.70 bits per heavy atom. The number of anilines is 1. The smallest absolute Gasteiger partial charge is 0.255 e. The Labute approximate surface area is 233 Å². The number of fused-ring (bicyclic) bond motifs is 2. The molecule has 0 spiro atoms. The molecule has 3 heterocycles. The van der Waals surface area contributed by atoms with Crippen molar-refractivity contribution in [3.8, 4) is 11.8 Å². The predicted octanol–water partition coefficient (Wildman–Crippen LogP) is 5.21. The second-order valence-corrected chi connectivity index (χ2v) is 10.6. The summed E-state index contributed by atoms with van der Waals surface area (Å²) in [6.07, 6.45) is 8.53. The molecule has 2 amide bonds. The molecule has 8 heteroatoms. The van der Waals surface area contributed by atoms with Gasteiger partial charge in [-0.3, -0.25) is 9.59 Å². The monoisotopic (exact) mass is 533 g/mol. The van der Waals surface area contributed by atoms with Gasteiger partial charge in [-0.25, -0.2) is 4.98 Å². The van der Waals surface area contributed by atoms with Gasteiger partial charge in [0, 0.05) is 37.5 Å². The number of hydrogen-bond acceptors (Lipinski definition) is 5. The third kappa shape index (κ3) is 4.47. The van der Waals surface area contributed by atoms with Crippen LogP contribution in [0.15, 0.2) is 54.9 Å². The minimum Gasteiger partial charge on any atom is -0.494 e. The third-order valence-electron chi connectivity index (χ3n) is 8.27. The molecular weight excluding hydrogens is 502 g/mol. The van der Waals surface area contributed by atoms with Crippen LogP contribution in [0.2, 0.25) is 0 Å². The summed E-state index contributed by atoms with van der Waals surface area (Å²) in [6.45, 7) is 1.37. The van der Waals surface area contributed by atoms with Crippen molar-refractivity contribution < 1.29 is 14.3 Å². The first-order valence-electron chi connectivity index (χ1n) is 13.7. The molecule has 0 atom stereocenters. The van der Waals surface area contributed by atoms with Crippen LogP contribution in [0.25, 0.3) is 11.0 Å². The van der Waals surface area contributed by atoms with E-state index in [0.29, 0.717) is 35.7 Å². The Bertz CT molecular complexity index is 1670. The molecule has 0 bridgehead atoms. The fourth-order valence-corrected chi connectivity index (χ4v) is 6.27. The zero-order valence-corrected chi connectivity index (χ0v) is 22.7. The van der Waals surface area contributed by atoms with Gasteiger partial charge in [-0.1, -0.05) is 18.2 Å². The van der Waals surface area contributed by atoms with E-state index in [-0.39, 0.29) is 17.7 Å². The van der Waals surface area contributed by atoms with Crippen LogP contribution in [-0.4, -0.2) is 46.5 Å². The van der Waals surface area contributed by atoms with Crippen molar-refractivity contribution in [2.75, 3.05) is 25.5 Å². The summed E-state index contributed by atoms with van der Waals surface area (Å²) in [7, 11) is 3.55. The number of aryl methyl sites for hydroxylation is 2. The molecule has 2 aliphatic rings. The van der Waals surface area contributed by atoms with Crippen LogP contribution in [0.5, 0.6) is 5.75 Å². The second kappa shape index (κ2) is 10.5. The Hall–Kier alpha value is -4.64. The van der Waals surface area contributed by atoms with Gasteiger partial charge in [0.15, 0.2) is 5.75 Å². The maximum atomic E-state index is 13.5. The van der Waals surface area contributed by atoms with Gasteiger partial charge in [0.1, 0.15) is 11.3 Å². The standard InChI is InChI=1S/C32H31N5O3/c1-36-19-26(22-12-14-37(15-13-22)32(39)25-11-5-8-21-7-4-10-24(21)25)28-29(40-2)27(18-34-30(28)36)35-31(38)23-9-3-6-20(16-23)17-33/h3,5-6,8-9,11,16,18-19,22H,4,7,10,12-15H2,1-2H3,(H,35,38). The van der Waals surface area contributed by atoms with E-state index in [1.165, 1.54) is 11.1 Å². The minimum atomic E-state index is -0.340. The van der Waals surface area contributed by atoms with Crippen LogP contribution >= 0.6 is 0 Å². The lowest BCUT2D eigenvalue weighted by Crippen LogP contribution is -2.38. The summed E-state index contributed by atoms with van der Waals surface area (Å²) in [5, 5.41) is 13.0. The molecule has 0 radical (unpaired) electrons. The number of benzene rings is 2. The van der Waals surface area contributed by atoms with E-state index >= 15 is 0 Å². The first-order chi connectivity index (χ1) is 19.5. The van der Waals surface area contributed by atoms with Crippen LogP contribution in [-0.2, 0) is 19.9 Å². The molecule has 8 nitrogen and oxygen atoms in total. The van der Waals surface area contributed by atoms with Crippen molar-refractivity contribution in [2.45, 2.75) is 38.0 Å². The molecular formula is C32H31N5O3. The summed E-state index contributed by atoms with van der Waals surface area (Å²) < 4.78 is 7.85. The summed E-state index contributed by atoms with van der Waals surface area (Å²) >= 11 is 0. The maximum Gasteiger partial charge on any atom is 0.255 e. The van der Waals surface area contributed by atoms with Crippen molar-refractivity contribution in [1.29, 1.82) is 5.26 Å². The number of likely N-dealkylation sites (tertiary alicyclic amines) is 1. The second-order valence-electron chi connectivity index (χ2n) is 10.6. The van der Waals surface area contributed by atoms with Crippen LogP contribution in [0.3, 0.4) is 0 Å². The number of nitrogens with one attached hydrogen (secondary N) is 1. The number of nitrogens with zero attached hydrogens (tertiary/aromatic N) is 4. The number of aromatic nitrogens is 2. The number of rotatable bonds is 5. The van der Waals surface area contributed by atoms with E-state index in [2.05, 4.69) is 28.6 Å². The van der Waals surface area contributed by atoms with Crippen molar-refractivity contribution in [2.24, 2.45) is 7.05 Å². The van der Waals surface area contributed by atoms with E-state index in [0.717, 1.165) is 54.3 Å². The van der Waals surface area contributed by atoms with E-state index in [1.807, 2.05) is 28.6 Å². The summed E-state index contributed by atoms with van der Waals surface area (Å²) in [5.41, 5.74) is 6.57. The molecule has 202 valence electrons. The average molecular weight is 534 g/mol. The predicted molar refractivity (Wildman–Crippen MR) is 153 cm³/mol. The lowest BCUT2D eigenvalue weighted by molar-refractivity contribution is 0.0712. The highest BCUT2D eigenvalue weighted by atomic mass is 16.5. The largest absolute Gasteiger partial charge is 0.494 e. The molecule has 2 aromatic carbocycles. The van der Waals surface area contributed by atoms with Gasteiger partial charge in [0.25, 0.3) is 11.8 Å². The fourth-order valence-electron chi connectivity index (χ4n) is 6.27. The number of amides is 2. The summed E-state index contributed by atoms with van der Waals surface area (Å²) in [6, 6.07) is 14.8. The topological polar surface area (TPSA) is 100 Å². The normalized spacial score (nSPS) is 15.1. The Balaban J connectivity index is 1.25. The zero-order valence-electron chi connectivity index (χ0n) is 22.7. The van der Waals surface area contributed by atoms with Crippen molar-refractivity contribution in [3.05, 3.63) is 88.2 Å².